The minimum absolute atomic E-state index is 0.0519. The fraction of sp³-hybridized carbons (Fsp3) is 0.500. The van der Waals surface area contributed by atoms with Gasteiger partial charge in [-0.05, 0) is 76.3 Å². The van der Waals surface area contributed by atoms with Crippen LogP contribution in [0.2, 0.25) is 5.02 Å². The van der Waals surface area contributed by atoms with E-state index in [1.165, 1.54) is 6.07 Å². The molecule has 0 radical (unpaired) electrons. The summed E-state index contributed by atoms with van der Waals surface area (Å²) in [4.78, 5) is 45.5. The zero-order valence-electron chi connectivity index (χ0n) is 23.4. The zero-order valence-corrected chi connectivity index (χ0v) is 24.2. The van der Waals surface area contributed by atoms with Gasteiger partial charge in [-0.2, -0.15) is 5.26 Å². The van der Waals surface area contributed by atoms with Gasteiger partial charge in [0.1, 0.15) is 17.5 Å². The van der Waals surface area contributed by atoms with E-state index in [1.54, 1.807) is 26.0 Å². The van der Waals surface area contributed by atoms with E-state index in [2.05, 4.69) is 27.2 Å². The predicted octanol–water partition coefficient (Wildman–Crippen LogP) is 3.75. The average Bonchev–Trinajstić information content (AvgIpc) is 3.36. The molecule has 2 unspecified atom stereocenters. The normalized spacial score (nSPS) is 25.8. The highest BCUT2D eigenvalue weighted by Crippen LogP contribution is 2.52. The van der Waals surface area contributed by atoms with Gasteiger partial charge in [-0.3, -0.25) is 19.8 Å². The Hall–Kier alpha value is -3.68. The topological polar surface area (TPSA) is 136 Å². The Labute approximate surface area is 244 Å². The van der Waals surface area contributed by atoms with Gasteiger partial charge in [0.05, 0.1) is 29.3 Å². The molecule has 5 atom stereocenters. The maximum absolute atomic E-state index is 14.0. The predicted molar refractivity (Wildman–Crippen MR) is 152 cm³/mol. The molecule has 2 aromatic rings. The third-order valence-corrected chi connectivity index (χ3v) is 8.77. The second kappa shape index (κ2) is 11.7. The molecule has 3 fully saturated rings. The van der Waals surface area contributed by atoms with Crippen molar-refractivity contribution in [2.24, 2.45) is 5.41 Å². The lowest BCUT2D eigenvalue weighted by Crippen LogP contribution is -2.56. The number of nitrogens with one attached hydrogen (secondary N) is 3. The van der Waals surface area contributed by atoms with Crippen LogP contribution in [0.4, 0.5) is 0 Å². The molecule has 11 heteroatoms. The van der Waals surface area contributed by atoms with Gasteiger partial charge in [0.15, 0.2) is 6.10 Å². The fourth-order valence-corrected chi connectivity index (χ4v) is 6.35. The van der Waals surface area contributed by atoms with E-state index in [1.807, 2.05) is 30.0 Å². The van der Waals surface area contributed by atoms with Crippen molar-refractivity contribution < 1.29 is 19.1 Å². The zero-order chi connectivity index (χ0) is 29.3. The van der Waals surface area contributed by atoms with Gasteiger partial charge in [0, 0.05) is 17.5 Å². The molecule has 3 aliphatic rings. The van der Waals surface area contributed by atoms with Crippen molar-refractivity contribution in [1.82, 2.24) is 26.1 Å². The van der Waals surface area contributed by atoms with E-state index in [-0.39, 0.29) is 35.6 Å². The van der Waals surface area contributed by atoms with Crippen LogP contribution in [-0.2, 0) is 9.59 Å². The van der Waals surface area contributed by atoms with E-state index < -0.39 is 23.5 Å². The largest absolute Gasteiger partial charge is 0.479 e. The maximum Gasteiger partial charge on any atom is 0.275 e. The van der Waals surface area contributed by atoms with E-state index >= 15 is 0 Å². The van der Waals surface area contributed by atoms with Crippen LogP contribution in [0.5, 0.6) is 5.75 Å². The molecule has 41 heavy (non-hydrogen) atoms. The SMILES string of the molecule is Cc1nc(C(=O)N[C@H](C)C(=O)N2[C@H](c3cccc(Cl)c3)CC[C@@H]2C2(C#N)CCC2)ccc1OC1CC(C)NNC1=O. The summed E-state index contributed by atoms with van der Waals surface area (Å²) in [5, 5.41) is 13.5. The second-order valence-corrected chi connectivity index (χ2v) is 11.8. The molecular weight excluding hydrogens is 544 g/mol. The number of likely N-dealkylation sites (tertiary alicyclic amines) is 1. The van der Waals surface area contributed by atoms with E-state index in [0.717, 1.165) is 31.2 Å². The third-order valence-electron chi connectivity index (χ3n) is 8.54. The van der Waals surface area contributed by atoms with Gasteiger partial charge in [-0.15, -0.1) is 0 Å². The Balaban J connectivity index is 1.31. The number of carbonyl (C=O) groups excluding carboxylic acids is 3. The molecule has 0 bridgehead atoms. The highest BCUT2D eigenvalue weighted by atomic mass is 35.5. The summed E-state index contributed by atoms with van der Waals surface area (Å²) in [7, 11) is 0. The van der Waals surface area contributed by atoms with Crippen molar-refractivity contribution in [3.63, 3.8) is 0 Å². The maximum atomic E-state index is 14.0. The van der Waals surface area contributed by atoms with Gasteiger partial charge in [-0.1, -0.05) is 30.2 Å². The van der Waals surface area contributed by atoms with Crippen molar-refractivity contribution in [2.45, 2.75) is 89.6 Å². The number of carbonyl (C=O) groups is 3. The molecule has 3 amide bonds. The number of hydrogen-bond donors (Lipinski definition) is 3. The van der Waals surface area contributed by atoms with Crippen LogP contribution in [-0.4, -0.2) is 51.8 Å². The quantitative estimate of drug-likeness (QED) is 0.455. The molecule has 1 aromatic carbocycles. The average molecular weight is 579 g/mol. The Morgan fingerprint density at radius 1 is 1.27 bits per heavy atom. The van der Waals surface area contributed by atoms with Crippen LogP contribution in [0, 0.1) is 23.7 Å². The lowest BCUT2D eigenvalue weighted by atomic mass is 9.64. The monoisotopic (exact) mass is 578 g/mol. The molecule has 5 rings (SSSR count). The number of benzene rings is 1. The molecule has 1 aliphatic carbocycles. The molecule has 10 nitrogen and oxygen atoms in total. The summed E-state index contributed by atoms with van der Waals surface area (Å²) in [6, 6.07) is 11.9. The number of hydrogen-bond acceptors (Lipinski definition) is 7. The summed E-state index contributed by atoms with van der Waals surface area (Å²) in [5.74, 6) is -0.600. The number of aryl methyl sites for hydroxylation is 1. The Bertz CT molecular complexity index is 1390. The fourth-order valence-electron chi connectivity index (χ4n) is 6.15. The summed E-state index contributed by atoms with van der Waals surface area (Å²) in [5.41, 5.74) is 6.40. The van der Waals surface area contributed by atoms with Crippen molar-refractivity contribution in [3.8, 4) is 11.8 Å². The van der Waals surface area contributed by atoms with E-state index in [9.17, 15) is 19.6 Å². The molecule has 216 valence electrons. The molecule has 0 spiro atoms. The van der Waals surface area contributed by atoms with E-state index in [4.69, 9.17) is 16.3 Å². The third kappa shape index (κ3) is 5.74. The number of aromatic nitrogens is 1. The van der Waals surface area contributed by atoms with Crippen molar-refractivity contribution >= 4 is 29.3 Å². The van der Waals surface area contributed by atoms with Crippen LogP contribution in [0.15, 0.2) is 36.4 Å². The van der Waals surface area contributed by atoms with Gasteiger partial charge < -0.3 is 15.0 Å². The van der Waals surface area contributed by atoms with Crippen LogP contribution in [0.3, 0.4) is 0 Å². The number of nitrogens with zero attached hydrogens (tertiary/aromatic N) is 3. The smallest absolute Gasteiger partial charge is 0.275 e. The highest BCUT2D eigenvalue weighted by molar-refractivity contribution is 6.30. The van der Waals surface area contributed by atoms with Crippen LogP contribution < -0.4 is 20.9 Å². The first-order chi connectivity index (χ1) is 19.6. The molecule has 1 aromatic heterocycles. The first-order valence-electron chi connectivity index (χ1n) is 14.1. The molecule has 1 saturated carbocycles. The Morgan fingerprint density at radius 3 is 2.71 bits per heavy atom. The van der Waals surface area contributed by atoms with Crippen molar-refractivity contribution in [3.05, 3.63) is 58.4 Å². The number of rotatable bonds is 7. The Morgan fingerprint density at radius 2 is 2.05 bits per heavy atom. The summed E-state index contributed by atoms with van der Waals surface area (Å²) < 4.78 is 5.88. The molecule has 2 saturated heterocycles. The van der Waals surface area contributed by atoms with Gasteiger partial charge in [0.25, 0.3) is 11.8 Å². The van der Waals surface area contributed by atoms with Gasteiger partial charge in [-0.25, -0.2) is 10.4 Å². The Kier molecular flexibility index (Phi) is 8.20. The summed E-state index contributed by atoms with van der Waals surface area (Å²) >= 11 is 6.28. The van der Waals surface area contributed by atoms with Gasteiger partial charge >= 0.3 is 0 Å². The minimum Gasteiger partial charge on any atom is -0.479 e. The first-order valence-corrected chi connectivity index (χ1v) is 14.5. The lowest BCUT2D eigenvalue weighted by Gasteiger charge is -2.46. The second-order valence-electron chi connectivity index (χ2n) is 11.4. The van der Waals surface area contributed by atoms with Gasteiger partial charge in [0.2, 0.25) is 5.91 Å². The number of ether oxygens (including phenoxy) is 1. The number of pyridine rings is 1. The molecule has 2 aliphatic heterocycles. The molecule has 3 N–H and O–H groups in total. The number of nitriles is 1. The summed E-state index contributed by atoms with van der Waals surface area (Å²) in [6.45, 7) is 5.30. The number of hydrazine groups is 1. The standard InChI is InChI=1S/C30H35ClN6O4/c1-17-14-25(28(39)36-35-17)41-24-10-8-22(33-18(24)2)27(38)34-19(3)29(40)37-23(20-6-4-7-21(31)15-20)9-11-26(37)30(16-32)12-5-13-30/h4,6-8,10,15,17,19,23,25-26,35H,5,9,11-14H2,1-3H3,(H,34,38)(H,36,39)/t17?,19-,23+,25?,26-/m1/s1. The van der Waals surface area contributed by atoms with E-state index in [0.29, 0.717) is 29.3 Å². The number of halogens is 1. The minimum atomic E-state index is -0.849. The summed E-state index contributed by atoms with van der Waals surface area (Å²) in [6.07, 6.45) is 3.74. The van der Waals surface area contributed by atoms with Crippen LogP contribution in [0.1, 0.15) is 80.2 Å². The number of amides is 3. The molecular formula is C30H35ClN6O4. The van der Waals surface area contributed by atoms with Crippen LogP contribution >= 0.6 is 11.6 Å². The van der Waals surface area contributed by atoms with Crippen molar-refractivity contribution in [1.29, 1.82) is 5.26 Å². The highest BCUT2D eigenvalue weighted by Gasteiger charge is 2.53. The first kappa shape index (κ1) is 28.8. The van der Waals surface area contributed by atoms with Crippen molar-refractivity contribution in [2.75, 3.05) is 0 Å². The lowest BCUT2D eigenvalue weighted by molar-refractivity contribution is -0.139. The molecule has 3 heterocycles. The van der Waals surface area contributed by atoms with Crippen LogP contribution in [0.25, 0.3) is 0 Å².